The van der Waals surface area contributed by atoms with Gasteiger partial charge in [0, 0.05) is 25.5 Å². The lowest BCUT2D eigenvalue weighted by Crippen LogP contribution is -2.39. The Morgan fingerprint density at radius 2 is 2.17 bits per heavy atom. The lowest BCUT2D eigenvalue weighted by Gasteiger charge is -2.13. The van der Waals surface area contributed by atoms with Crippen LogP contribution in [0.2, 0.25) is 0 Å². The first kappa shape index (κ1) is 17.0. The topological polar surface area (TPSA) is 54.2 Å². The summed E-state index contributed by atoms with van der Waals surface area (Å²) in [6, 6.07) is 5.15. The molecule has 2 aromatic rings. The van der Waals surface area contributed by atoms with E-state index in [1.807, 2.05) is 13.0 Å². The van der Waals surface area contributed by atoms with E-state index in [4.69, 9.17) is 0 Å². The molecule has 0 saturated heterocycles. The zero-order valence-electron chi connectivity index (χ0n) is 13.9. The Morgan fingerprint density at radius 3 is 2.78 bits per heavy atom. The second kappa shape index (κ2) is 8.31. The molecule has 1 heterocycles. The number of nitrogens with one attached hydrogen (secondary N) is 2. The van der Waals surface area contributed by atoms with Crippen molar-refractivity contribution in [3.8, 4) is 5.69 Å². The summed E-state index contributed by atoms with van der Waals surface area (Å²) in [6.45, 7) is 8.36. The lowest BCUT2D eigenvalue weighted by atomic mass is 10.2. The molecule has 1 aromatic carbocycles. The van der Waals surface area contributed by atoms with Crippen LogP contribution in [0.4, 0.5) is 4.39 Å². The van der Waals surface area contributed by atoms with Crippen molar-refractivity contribution in [3.63, 3.8) is 0 Å². The van der Waals surface area contributed by atoms with E-state index in [1.165, 1.54) is 6.07 Å². The second-order valence-electron chi connectivity index (χ2n) is 5.73. The highest BCUT2D eigenvalue weighted by Crippen LogP contribution is 2.15. The zero-order valence-corrected chi connectivity index (χ0v) is 13.9. The van der Waals surface area contributed by atoms with Crippen LogP contribution in [-0.2, 0) is 6.54 Å². The van der Waals surface area contributed by atoms with Gasteiger partial charge >= 0.3 is 0 Å². The number of guanidine groups is 1. The summed E-state index contributed by atoms with van der Waals surface area (Å²) in [6.07, 6.45) is 4.92. The summed E-state index contributed by atoms with van der Waals surface area (Å²) < 4.78 is 15.9. The Hall–Kier alpha value is -2.37. The predicted molar refractivity (Wildman–Crippen MR) is 91.2 cm³/mol. The van der Waals surface area contributed by atoms with Crippen molar-refractivity contribution in [2.24, 2.45) is 10.9 Å². The minimum Gasteiger partial charge on any atom is -0.357 e. The molecule has 5 nitrogen and oxygen atoms in total. The van der Waals surface area contributed by atoms with Gasteiger partial charge in [0.25, 0.3) is 0 Å². The molecule has 0 bridgehead atoms. The molecule has 0 aliphatic carbocycles. The van der Waals surface area contributed by atoms with Crippen molar-refractivity contribution in [2.45, 2.75) is 27.3 Å². The highest BCUT2D eigenvalue weighted by molar-refractivity contribution is 5.79. The standard InChI is InChI=1S/C17H24FN5/c1-4-20-17(21-10-13(2)3)22-11-14-5-6-16(15(18)9-14)23-8-7-19-12-23/h5-9,12-13H,4,10-11H2,1-3H3,(H2,20,21,22). The molecule has 2 rings (SSSR count). The molecule has 2 N–H and O–H groups in total. The quantitative estimate of drug-likeness (QED) is 0.636. The van der Waals surface area contributed by atoms with E-state index in [2.05, 4.69) is 34.5 Å². The Morgan fingerprint density at radius 1 is 1.35 bits per heavy atom. The fourth-order valence-corrected chi connectivity index (χ4v) is 2.07. The number of imidazole rings is 1. The van der Waals surface area contributed by atoms with Gasteiger partial charge in [-0.15, -0.1) is 0 Å². The van der Waals surface area contributed by atoms with Crippen molar-refractivity contribution in [2.75, 3.05) is 13.1 Å². The third kappa shape index (κ3) is 5.09. The van der Waals surface area contributed by atoms with Gasteiger partial charge in [0.05, 0.1) is 18.6 Å². The number of halogens is 1. The maximum Gasteiger partial charge on any atom is 0.191 e. The van der Waals surface area contributed by atoms with Crippen LogP contribution < -0.4 is 10.6 Å². The van der Waals surface area contributed by atoms with Gasteiger partial charge < -0.3 is 15.2 Å². The largest absolute Gasteiger partial charge is 0.357 e. The molecular weight excluding hydrogens is 293 g/mol. The SMILES string of the molecule is CCNC(=NCc1ccc(-n2ccnc2)c(F)c1)NCC(C)C. The number of benzene rings is 1. The van der Waals surface area contributed by atoms with E-state index in [0.717, 1.165) is 24.6 Å². The first-order chi connectivity index (χ1) is 11.1. The summed E-state index contributed by atoms with van der Waals surface area (Å²) >= 11 is 0. The normalized spacial score (nSPS) is 11.8. The van der Waals surface area contributed by atoms with Crippen LogP contribution in [0.5, 0.6) is 0 Å². The Bertz CT molecular complexity index is 634. The fraction of sp³-hybridized carbons (Fsp3) is 0.412. The summed E-state index contributed by atoms with van der Waals surface area (Å²) in [7, 11) is 0. The molecule has 0 spiro atoms. The highest BCUT2D eigenvalue weighted by atomic mass is 19.1. The summed E-state index contributed by atoms with van der Waals surface area (Å²) in [4.78, 5) is 8.43. The Kier molecular flexibility index (Phi) is 6.14. The maximum absolute atomic E-state index is 14.2. The van der Waals surface area contributed by atoms with E-state index >= 15 is 0 Å². The molecule has 1 aromatic heterocycles. The van der Waals surface area contributed by atoms with Gasteiger partial charge in [-0.2, -0.15) is 0 Å². The molecular formula is C17H24FN5. The zero-order chi connectivity index (χ0) is 16.7. The second-order valence-corrected chi connectivity index (χ2v) is 5.73. The molecule has 0 unspecified atom stereocenters. The van der Waals surface area contributed by atoms with E-state index < -0.39 is 0 Å². The summed E-state index contributed by atoms with van der Waals surface area (Å²) in [5.41, 5.74) is 1.31. The first-order valence-electron chi connectivity index (χ1n) is 7.89. The van der Waals surface area contributed by atoms with Crippen LogP contribution in [0.1, 0.15) is 26.3 Å². The predicted octanol–water partition coefficient (Wildman–Crippen LogP) is 2.72. The Balaban J connectivity index is 2.06. The van der Waals surface area contributed by atoms with Crippen LogP contribution in [0.15, 0.2) is 41.9 Å². The van der Waals surface area contributed by atoms with E-state index in [1.54, 1.807) is 29.4 Å². The van der Waals surface area contributed by atoms with Gasteiger partial charge in [0.2, 0.25) is 0 Å². The van der Waals surface area contributed by atoms with Crippen molar-refractivity contribution in [1.29, 1.82) is 0 Å². The minimum absolute atomic E-state index is 0.282. The molecule has 0 radical (unpaired) electrons. The molecule has 23 heavy (non-hydrogen) atoms. The smallest absolute Gasteiger partial charge is 0.191 e. The van der Waals surface area contributed by atoms with Gasteiger partial charge in [-0.1, -0.05) is 19.9 Å². The number of rotatable bonds is 6. The maximum atomic E-state index is 14.2. The molecule has 6 heteroatoms. The summed E-state index contributed by atoms with van der Waals surface area (Å²) in [5.74, 6) is 1.00. The van der Waals surface area contributed by atoms with Gasteiger partial charge in [-0.3, -0.25) is 0 Å². The first-order valence-corrected chi connectivity index (χ1v) is 7.89. The van der Waals surface area contributed by atoms with Gasteiger partial charge in [-0.05, 0) is 30.5 Å². The van der Waals surface area contributed by atoms with Crippen LogP contribution in [0.25, 0.3) is 5.69 Å². The molecule has 0 amide bonds. The summed E-state index contributed by atoms with van der Waals surface area (Å²) in [5, 5.41) is 6.46. The van der Waals surface area contributed by atoms with Crippen molar-refractivity contribution < 1.29 is 4.39 Å². The van der Waals surface area contributed by atoms with E-state index in [0.29, 0.717) is 18.2 Å². The van der Waals surface area contributed by atoms with Crippen LogP contribution in [-0.4, -0.2) is 28.6 Å². The van der Waals surface area contributed by atoms with Crippen LogP contribution >= 0.6 is 0 Å². The molecule has 0 atom stereocenters. The number of aliphatic imine (C=N–C) groups is 1. The third-order valence-corrected chi connectivity index (χ3v) is 3.24. The van der Waals surface area contributed by atoms with Crippen LogP contribution in [0.3, 0.4) is 0 Å². The monoisotopic (exact) mass is 317 g/mol. The number of hydrogen-bond acceptors (Lipinski definition) is 2. The Labute approximate surface area is 136 Å². The average molecular weight is 317 g/mol. The van der Waals surface area contributed by atoms with Gasteiger partial charge in [-0.25, -0.2) is 14.4 Å². The molecule has 124 valence electrons. The molecule has 0 aliphatic heterocycles. The molecule has 0 fully saturated rings. The lowest BCUT2D eigenvalue weighted by molar-refractivity contribution is 0.612. The highest BCUT2D eigenvalue weighted by Gasteiger charge is 2.06. The number of hydrogen-bond donors (Lipinski definition) is 2. The third-order valence-electron chi connectivity index (χ3n) is 3.24. The van der Waals surface area contributed by atoms with Crippen molar-refractivity contribution >= 4 is 5.96 Å². The van der Waals surface area contributed by atoms with Crippen molar-refractivity contribution in [3.05, 3.63) is 48.3 Å². The van der Waals surface area contributed by atoms with Crippen molar-refractivity contribution in [1.82, 2.24) is 20.2 Å². The number of nitrogens with zero attached hydrogens (tertiary/aromatic N) is 3. The van der Waals surface area contributed by atoms with Gasteiger partial charge in [0.1, 0.15) is 5.82 Å². The van der Waals surface area contributed by atoms with Crippen LogP contribution in [0, 0.1) is 11.7 Å². The minimum atomic E-state index is -0.282. The average Bonchev–Trinajstić information content (AvgIpc) is 3.04. The van der Waals surface area contributed by atoms with E-state index in [9.17, 15) is 4.39 Å². The molecule has 0 saturated carbocycles. The fourth-order valence-electron chi connectivity index (χ4n) is 2.07. The number of aromatic nitrogens is 2. The molecule has 0 aliphatic rings. The van der Waals surface area contributed by atoms with Gasteiger partial charge in [0.15, 0.2) is 5.96 Å². The van der Waals surface area contributed by atoms with E-state index in [-0.39, 0.29) is 5.82 Å².